The molecule has 0 fully saturated rings. The third-order valence-electron chi connectivity index (χ3n) is 2.93. The number of hydrogen-bond acceptors (Lipinski definition) is 5. The summed E-state index contributed by atoms with van der Waals surface area (Å²) in [6, 6.07) is 7.36. The Morgan fingerprint density at radius 2 is 2.19 bits per heavy atom. The second kappa shape index (κ2) is 6.58. The first-order valence-corrected chi connectivity index (χ1v) is 7.27. The summed E-state index contributed by atoms with van der Waals surface area (Å²) >= 11 is 3.51. The molecule has 3 N–H and O–H groups in total. The number of nitrogens with two attached hydrogens (primary N) is 1. The number of pyridine rings is 1. The molecule has 1 aromatic heterocycles. The number of hydrogen-bond donors (Lipinski definition) is 2. The van der Waals surface area contributed by atoms with Gasteiger partial charge in [-0.3, -0.25) is 0 Å². The van der Waals surface area contributed by atoms with E-state index in [1.807, 2.05) is 25.1 Å². The molecule has 2 aromatic rings. The number of nitrogens with zero attached hydrogens (tertiary/aromatic N) is 1. The summed E-state index contributed by atoms with van der Waals surface area (Å²) in [6.45, 7) is 4.03. The lowest BCUT2D eigenvalue weighted by molar-refractivity contribution is 0.0527. The predicted octanol–water partition coefficient (Wildman–Crippen LogP) is 3.66. The molecule has 110 valence electrons. The molecule has 5 nitrogen and oxygen atoms in total. The molecule has 6 heteroatoms. The highest BCUT2D eigenvalue weighted by molar-refractivity contribution is 9.10. The molecule has 21 heavy (non-hydrogen) atoms. The van der Waals surface area contributed by atoms with Crippen molar-refractivity contribution in [3.05, 3.63) is 46.1 Å². The molecular weight excluding hydrogens is 334 g/mol. The van der Waals surface area contributed by atoms with Crippen LogP contribution in [0.3, 0.4) is 0 Å². The number of nitrogens with one attached hydrogen (secondary N) is 1. The molecule has 2 rings (SSSR count). The maximum atomic E-state index is 11.8. The normalized spacial score (nSPS) is 10.2. The van der Waals surface area contributed by atoms with Crippen LogP contribution in [0.1, 0.15) is 22.8 Å². The van der Waals surface area contributed by atoms with Crippen LogP contribution in [0.2, 0.25) is 0 Å². The van der Waals surface area contributed by atoms with Gasteiger partial charge < -0.3 is 15.8 Å². The Labute approximate surface area is 131 Å². The molecule has 1 heterocycles. The zero-order valence-corrected chi connectivity index (χ0v) is 13.4. The van der Waals surface area contributed by atoms with Gasteiger partial charge in [0, 0.05) is 10.7 Å². The summed E-state index contributed by atoms with van der Waals surface area (Å²) in [5, 5.41) is 3.13. The summed E-state index contributed by atoms with van der Waals surface area (Å²) in [4.78, 5) is 16.0. The molecule has 0 amide bonds. The average Bonchev–Trinajstić information content (AvgIpc) is 2.46. The van der Waals surface area contributed by atoms with Gasteiger partial charge in [-0.25, -0.2) is 9.78 Å². The van der Waals surface area contributed by atoms with E-state index in [0.29, 0.717) is 18.0 Å². The van der Waals surface area contributed by atoms with Gasteiger partial charge in [-0.05, 0) is 47.5 Å². The van der Waals surface area contributed by atoms with Gasteiger partial charge >= 0.3 is 5.97 Å². The highest BCUT2D eigenvalue weighted by Gasteiger charge is 2.15. The van der Waals surface area contributed by atoms with Crippen LogP contribution in [0.25, 0.3) is 0 Å². The number of esters is 1. The Morgan fingerprint density at radius 1 is 1.43 bits per heavy atom. The molecule has 0 unspecified atom stereocenters. The lowest BCUT2D eigenvalue weighted by Crippen LogP contribution is -2.10. The molecule has 0 spiro atoms. The first kappa shape index (κ1) is 15.3. The number of halogens is 1. The average molecular weight is 350 g/mol. The van der Waals surface area contributed by atoms with Gasteiger partial charge in [0.25, 0.3) is 0 Å². The number of carbonyl (C=O) groups excluding carboxylic acids is 1. The summed E-state index contributed by atoms with van der Waals surface area (Å²) in [6.07, 6.45) is 1.52. The molecule has 0 bridgehead atoms. The number of nitrogen functional groups attached to an aromatic ring is 1. The molecule has 0 aliphatic heterocycles. The summed E-state index contributed by atoms with van der Waals surface area (Å²) in [5.74, 6) is -0.0318. The maximum absolute atomic E-state index is 11.8. The summed E-state index contributed by atoms with van der Waals surface area (Å²) < 4.78 is 5.90. The smallest absolute Gasteiger partial charge is 0.340 e. The van der Waals surface area contributed by atoms with Crippen molar-refractivity contribution in [3.63, 3.8) is 0 Å². The number of aromatic nitrogens is 1. The number of ether oxygens (including phenoxy) is 1. The van der Waals surface area contributed by atoms with E-state index in [9.17, 15) is 4.79 Å². The van der Waals surface area contributed by atoms with Gasteiger partial charge in [-0.2, -0.15) is 0 Å². The van der Waals surface area contributed by atoms with Crippen molar-refractivity contribution in [2.45, 2.75) is 13.8 Å². The van der Waals surface area contributed by atoms with Crippen molar-refractivity contribution < 1.29 is 9.53 Å². The minimum Gasteiger partial charge on any atom is -0.462 e. The van der Waals surface area contributed by atoms with Crippen molar-refractivity contribution in [2.24, 2.45) is 0 Å². The SMILES string of the molecule is CCOC(=O)c1ccnc(Nc2cccc(C)c2Br)c1N. The second-order valence-corrected chi connectivity index (χ2v) is 5.20. The minimum absolute atomic E-state index is 0.268. The van der Waals surface area contributed by atoms with E-state index in [1.165, 1.54) is 6.20 Å². The van der Waals surface area contributed by atoms with Crippen LogP contribution in [-0.2, 0) is 4.74 Å². The zero-order chi connectivity index (χ0) is 15.4. The molecule has 1 aromatic carbocycles. The topological polar surface area (TPSA) is 77.2 Å². The van der Waals surface area contributed by atoms with E-state index >= 15 is 0 Å². The van der Waals surface area contributed by atoms with E-state index in [0.717, 1.165) is 15.7 Å². The fraction of sp³-hybridized carbons (Fsp3) is 0.200. The van der Waals surface area contributed by atoms with Crippen LogP contribution >= 0.6 is 15.9 Å². The highest BCUT2D eigenvalue weighted by Crippen LogP contribution is 2.30. The van der Waals surface area contributed by atoms with Crippen LogP contribution in [0, 0.1) is 6.92 Å². The van der Waals surface area contributed by atoms with Gasteiger partial charge in [0.05, 0.1) is 23.5 Å². The fourth-order valence-corrected chi connectivity index (χ4v) is 2.19. The van der Waals surface area contributed by atoms with Crippen LogP contribution in [0.15, 0.2) is 34.9 Å². The standard InChI is InChI=1S/C15H16BrN3O2/c1-3-21-15(20)10-7-8-18-14(13(10)17)19-11-6-4-5-9(2)12(11)16/h4-8H,3,17H2,1-2H3,(H,18,19). The third-order valence-corrected chi connectivity index (χ3v) is 3.98. The van der Waals surface area contributed by atoms with Crippen molar-refractivity contribution in [1.82, 2.24) is 4.98 Å². The molecule has 0 radical (unpaired) electrons. The van der Waals surface area contributed by atoms with Crippen molar-refractivity contribution >= 4 is 39.1 Å². The predicted molar refractivity (Wildman–Crippen MR) is 86.8 cm³/mol. The minimum atomic E-state index is -0.455. The molecule has 0 aliphatic rings. The lowest BCUT2D eigenvalue weighted by Gasteiger charge is -2.13. The summed E-state index contributed by atoms with van der Waals surface area (Å²) in [5.41, 5.74) is 8.49. The Kier molecular flexibility index (Phi) is 4.80. The number of rotatable bonds is 4. The summed E-state index contributed by atoms with van der Waals surface area (Å²) in [7, 11) is 0. The maximum Gasteiger partial charge on any atom is 0.340 e. The van der Waals surface area contributed by atoms with E-state index < -0.39 is 5.97 Å². The van der Waals surface area contributed by atoms with E-state index in [1.54, 1.807) is 13.0 Å². The number of benzene rings is 1. The van der Waals surface area contributed by atoms with E-state index in [2.05, 4.69) is 26.2 Å². The second-order valence-electron chi connectivity index (χ2n) is 4.40. The van der Waals surface area contributed by atoms with Gasteiger partial charge in [-0.1, -0.05) is 12.1 Å². The Morgan fingerprint density at radius 3 is 2.90 bits per heavy atom. The first-order valence-electron chi connectivity index (χ1n) is 6.48. The third kappa shape index (κ3) is 3.33. The van der Waals surface area contributed by atoms with Crippen molar-refractivity contribution in [2.75, 3.05) is 17.7 Å². The molecule has 0 atom stereocenters. The lowest BCUT2D eigenvalue weighted by atomic mass is 10.2. The van der Waals surface area contributed by atoms with Crippen LogP contribution in [0.5, 0.6) is 0 Å². The molecular formula is C15H16BrN3O2. The van der Waals surface area contributed by atoms with Crippen molar-refractivity contribution in [3.8, 4) is 0 Å². The molecule has 0 aliphatic carbocycles. The quantitative estimate of drug-likeness (QED) is 0.823. The van der Waals surface area contributed by atoms with Crippen LogP contribution in [0.4, 0.5) is 17.2 Å². The Balaban J connectivity index is 2.35. The monoisotopic (exact) mass is 349 g/mol. The Hall–Kier alpha value is -2.08. The molecule has 0 saturated heterocycles. The number of anilines is 3. The van der Waals surface area contributed by atoms with Gasteiger partial charge in [0.2, 0.25) is 0 Å². The largest absolute Gasteiger partial charge is 0.462 e. The zero-order valence-electron chi connectivity index (χ0n) is 11.8. The molecule has 0 saturated carbocycles. The Bertz CT molecular complexity index is 674. The highest BCUT2D eigenvalue weighted by atomic mass is 79.9. The van der Waals surface area contributed by atoms with Crippen molar-refractivity contribution in [1.29, 1.82) is 0 Å². The van der Waals surface area contributed by atoms with Gasteiger partial charge in [0.1, 0.15) is 0 Å². The van der Waals surface area contributed by atoms with Crippen LogP contribution < -0.4 is 11.1 Å². The van der Waals surface area contributed by atoms with Gasteiger partial charge in [0.15, 0.2) is 5.82 Å². The number of carbonyl (C=O) groups is 1. The van der Waals surface area contributed by atoms with E-state index in [4.69, 9.17) is 10.5 Å². The van der Waals surface area contributed by atoms with E-state index in [-0.39, 0.29) is 5.69 Å². The van der Waals surface area contributed by atoms with Crippen LogP contribution in [-0.4, -0.2) is 17.6 Å². The van der Waals surface area contributed by atoms with Gasteiger partial charge in [-0.15, -0.1) is 0 Å². The number of aryl methyl sites for hydroxylation is 1. The first-order chi connectivity index (χ1) is 10.0. The fourth-order valence-electron chi connectivity index (χ4n) is 1.83.